The molecule has 122 valence electrons. The second-order valence-electron chi connectivity index (χ2n) is 6.32. The summed E-state index contributed by atoms with van der Waals surface area (Å²) in [4.78, 5) is 24.6. The van der Waals surface area contributed by atoms with Crippen LogP contribution in [0.25, 0.3) is 0 Å². The first kappa shape index (κ1) is 15.5. The van der Waals surface area contributed by atoms with Crippen molar-refractivity contribution >= 4 is 5.91 Å². The van der Waals surface area contributed by atoms with Crippen LogP contribution in [0.5, 0.6) is 0 Å². The number of nitrogens with zero attached hydrogens (tertiary/aromatic N) is 3. The highest BCUT2D eigenvalue weighted by Crippen LogP contribution is 2.22. The Labute approximate surface area is 131 Å². The minimum Gasteiger partial charge on any atom is -0.377 e. The van der Waals surface area contributed by atoms with Crippen molar-refractivity contribution in [2.45, 2.75) is 38.6 Å². The quantitative estimate of drug-likeness (QED) is 0.919. The van der Waals surface area contributed by atoms with Crippen molar-refractivity contribution in [1.82, 2.24) is 19.8 Å². The summed E-state index contributed by atoms with van der Waals surface area (Å²) in [5, 5.41) is 0. The third-order valence-corrected chi connectivity index (χ3v) is 4.54. The Bertz CT molecular complexity index is 494. The van der Waals surface area contributed by atoms with Crippen LogP contribution in [-0.4, -0.2) is 65.1 Å². The van der Waals surface area contributed by atoms with Gasteiger partial charge in [-0.3, -0.25) is 9.69 Å². The molecule has 1 aromatic rings. The largest absolute Gasteiger partial charge is 0.377 e. The summed E-state index contributed by atoms with van der Waals surface area (Å²) in [6.45, 7) is 6.37. The van der Waals surface area contributed by atoms with Gasteiger partial charge in [0.25, 0.3) is 0 Å². The molecule has 6 nitrogen and oxygen atoms in total. The van der Waals surface area contributed by atoms with Crippen LogP contribution in [0.1, 0.15) is 43.2 Å². The molecule has 22 heavy (non-hydrogen) atoms. The van der Waals surface area contributed by atoms with E-state index in [1.165, 1.54) is 25.7 Å². The molecule has 0 saturated carbocycles. The fraction of sp³-hybridized carbons (Fsp3) is 0.750. The molecule has 0 spiro atoms. The number of nitrogens with one attached hydrogen (secondary N) is 1. The van der Waals surface area contributed by atoms with E-state index in [0.29, 0.717) is 26.3 Å². The number of likely N-dealkylation sites (tertiary alicyclic amines) is 1. The van der Waals surface area contributed by atoms with Crippen molar-refractivity contribution in [3.05, 3.63) is 17.7 Å². The minimum absolute atomic E-state index is 0.0815. The molecule has 3 heterocycles. The van der Waals surface area contributed by atoms with Gasteiger partial charge in [0.1, 0.15) is 11.9 Å². The average Bonchev–Trinajstić information content (AvgIpc) is 2.80. The molecule has 1 aromatic heterocycles. The van der Waals surface area contributed by atoms with E-state index in [1.54, 1.807) is 6.20 Å². The standard InChI is InChI=1S/C16H26N4O2/c1-13-10-17-16(18-13)14-12-22-9-8-20(14)15(21)11-19-6-4-2-3-5-7-19/h10,14H,2-9,11-12H2,1H3,(H,17,18)/t14-/m0/s1. The predicted octanol–water partition coefficient (Wildman–Crippen LogP) is 1.49. The highest BCUT2D eigenvalue weighted by Gasteiger charge is 2.31. The highest BCUT2D eigenvalue weighted by atomic mass is 16.5. The third-order valence-electron chi connectivity index (χ3n) is 4.54. The summed E-state index contributed by atoms with van der Waals surface area (Å²) in [6, 6.07) is -0.0815. The molecular weight excluding hydrogens is 280 g/mol. The third kappa shape index (κ3) is 3.67. The highest BCUT2D eigenvalue weighted by molar-refractivity contribution is 5.78. The van der Waals surface area contributed by atoms with E-state index in [4.69, 9.17) is 4.74 Å². The number of aromatic nitrogens is 2. The maximum absolute atomic E-state index is 12.8. The summed E-state index contributed by atoms with van der Waals surface area (Å²) in [5.74, 6) is 1.03. The minimum atomic E-state index is -0.0815. The summed E-state index contributed by atoms with van der Waals surface area (Å²) in [7, 11) is 0. The average molecular weight is 306 g/mol. The van der Waals surface area contributed by atoms with Gasteiger partial charge >= 0.3 is 0 Å². The first-order valence-corrected chi connectivity index (χ1v) is 8.35. The Balaban J connectivity index is 1.65. The maximum atomic E-state index is 12.8. The molecule has 0 aliphatic carbocycles. The van der Waals surface area contributed by atoms with Gasteiger partial charge in [-0.05, 0) is 32.9 Å². The fourth-order valence-corrected chi connectivity index (χ4v) is 3.31. The number of ether oxygens (including phenoxy) is 1. The van der Waals surface area contributed by atoms with Crippen molar-refractivity contribution in [1.29, 1.82) is 0 Å². The van der Waals surface area contributed by atoms with Crippen molar-refractivity contribution in [2.24, 2.45) is 0 Å². The number of aromatic amines is 1. The Morgan fingerprint density at radius 3 is 2.77 bits per heavy atom. The van der Waals surface area contributed by atoms with Gasteiger partial charge in [0, 0.05) is 18.4 Å². The van der Waals surface area contributed by atoms with Gasteiger partial charge in [0.2, 0.25) is 5.91 Å². The van der Waals surface area contributed by atoms with Crippen LogP contribution in [0.3, 0.4) is 0 Å². The second kappa shape index (κ2) is 7.24. The number of rotatable bonds is 3. The molecule has 0 radical (unpaired) electrons. The maximum Gasteiger partial charge on any atom is 0.237 e. The van der Waals surface area contributed by atoms with Crippen LogP contribution < -0.4 is 0 Å². The Morgan fingerprint density at radius 2 is 2.09 bits per heavy atom. The molecule has 1 amide bonds. The van der Waals surface area contributed by atoms with E-state index < -0.39 is 0 Å². The summed E-state index contributed by atoms with van der Waals surface area (Å²) >= 11 is 0. The summed E-state index contributed by atoms with van der Waals surface area (Å²) < 4.78 is 5.57. The molecule has 2 aliphatic rings. The van der Waals surface area contributed by atoms with Gasteiger partial charge in [0.05, 0.1) is 19.8 Å². The van der Waals surface area contributed by atoms with E-state index in [9.17, 15) is 4.79 Å². The number of aryl methyl sites for hydroxylation is 1. The van der Waals surface area contributed by atoms with Gasteiger partial charge in [-0.25, -0.2) is 4.98 Å². The zero-order chi connectivity index (χ0) is 15.4. The number of H-pyrrole nitrogens is 1. The van der Waals surface area contributed by atoms with Gasteiger partial charge < -0.3 is 14.6 Å². The first-order chi connectivity index (χ1) is 10.7. The van der Waals surface area contributed by atoms with Crippen LogP contribution in [-0.2, 0) is 9.53 Å². The molecule has 1 N–H and O–H groups in total. The lowest BCUT2D eigenvalue weighted by atomic mass is 10.2. The summed E-state index contributed by atoms with van der Waals surface area (Å²) in [6.07, 6.45) is 6.79. The van der Waals surface area contributed by atoms with Crippen molar-refractivity contribution in [3.8, 4) is 0 Å². The summed E-state index contributed by atoms with van der Waals surface area (Å²) in [5.41, 5.74) is 1.01. The predicted molar refractivity (Wildman–Crippen MR) is 83.5 cm³/mol. The molecule has 3 rings (SSSR count). The van der Waals surface area contributed by atoms with Gasteiger partial charge in [-0.2, -0.15) is 0 Å². The van der Waals surface area contributed by atoms with E-state index in [0.717, 1.165) is 24.6 Å². The normalized spacial score (nSPS) is 24.2. The number of hydrogen-bond donors (Lipinski definition) is 1. The van der Waals surface area contributed by atoms with Crippen LogP contribution in [0.2, 0.25) is 0 Å². The second-order valence-corrected chi connectivity index (χ2v) is 6.32. The lowest BCUT2D eigenvalue weighted by molar-refractivity contribution is -0.141. The van der Waals surface area contributed by atoms with Gasteiger partial charge in [0.15, 0.2) is 0 Å². The van der Waals surface area contributed by atoms with E-state index in [-0.39, 0.29) is 11.9 Å². The lowest BCUT2D eigenvalue weighted by Gasteiger charge is -2.35. The van der Waals surface area contributed by atoms with Crippen molar-refractivity contribution in [3.63, 3.8) is 0 Å². The molecule has 2 aliphatic heterocycles. The zero-order valence-corrected chi connectivity index (χ0v) is 13.4. The molecule has 2 saturated heterocycles. The number of amides is 1. The monoisotopic (exact) mass is 306 g/mol. The molecule has 0 aromatic carbocycles. The Kier molecular flexibility index (Phi) is 5.10. The topological polar surface area (TPSA) is 61.5 Å². The van der Waals surface area contributed by atoms with Crippen molar-refractivity contribution in [2.75, 3.05) is 39.4 Å². The Morgan fingerprint density at radius 1 is 1.32 bits per heavy atom. The van der Waals surface area contributed by atoms with Crippen LogP contribution >= 0.6 is 0 Å². The number of carbonyl (C=O) groups is 1. The van der Waals surface area contributed by atoms with E-state index in [1.807, 2.05) is 11.8 Å². The number of morpholine rings is 1. The Hall–Kier alpha value is -1.40. The molecule has 0 bridgehead atoms. The van der Waals surface area contributed by atoms with Crippen molar-refractivity contribution < 1.29 is 9.53 Å². The first-order valence-electron chi connectivity index (χ1n) is 8.35. The zero-order valence-electron chi connectivity index (χ0n) is 13.4. The molecule has 6 heteroatoms. The number of hydrogen-bond acceptors (Lipinski definition) is 4. The van der Waals surface area contributed by atoms with Crippen LogP contribution in [0.15, 0.2) is 6.20 Å². The smallest absolute Gasteiger partial charge is 0.237 e. The number of imidazole rings is 1. The molecule has 0 unspecified atom stereocenters. The molecular formula is C16H26N4O2. The lowest BCUT2D eigenvalue weighted by Crippen LogP contribution is -2.48. The molecule has 2 fully saturated rings. The SMILES string of the molecule is Cc1cnc([C@@H]2COCCN2C(=O)CN2CCCCCC2)[nH]1. The van der Waals surface area contributed by atoms with Crippen LogP contribution in [0.4, 0.5) is 0 Å². The van der Waals surface area contributed by atoms with Gasteiger partial charge in [-0.1, -0.05) is 12.8 Å². The van der Waals surface area contributed by atoms with E-state index in [2.05, 4.69) is 14.9 Å². The van der Waals surface area contributed by atoms with Crippen LogP contribution in [0, 0.1) is 6.92 Å². The van der Waals surface area contributed by atoms with E-state index >= 15 is 0 Å². The number of carbonyl (C=O) groups excluding carboxylic acids is 1. The van der Waals surface area contributed by atoms with Gasteiger partial charge in [-0.15, -0.1) is 0 Å². The molecule has 1 atom stereocenters. The fourth-order valence-electron chi connectivity index (χ4n) is 3.31.